The summed E-state index contributed by atoms with van der Waals surface area (Å²) in [6, 6.07) is 10.7. The Labute approximate surface area is 207 Å². The molecule has 2 aliphatic heterocycles. The highest BCUT2D eigenvalue weighted by atomic mass is 16.5. The molecular weight excluding hydrogens is 444 g/mol. The summed E-state index contributed by atoms with van der Waals surface area (Å²) < 4.78 is 5.41. The molecule has 35 heavy (non-hydrogen) atoms. The van der Waals surface area contributed by atoms with E-state index in [4.69, 9.17) is 4.74 Å². The maximum atomic E-state index is 13.0. The summed E-state index contributed by atoms with van der Waals surface area (Å²) in [4.78, 5) is 40.4. The van der Waals surface area contributed by atoms with E-state index in [1.807, 2.05) is 6.07 Å². The Morgan fingerprint density at radius 3 is 2.49 bits per heavy atom. The molecule has 0 radical (unpaired) electrons. The predicted molar refractivity (Wildman–Crippen MR) is 133 cm³/mol. The first-order chi connectivity index (χ1) is 17.2. The van der Waals surface area contributed by atoms with Gasteiger partial charge in [-0.25, -0.2) is 4.98 Å². The van der Waals surface area contributed by atoms with E-state index in [0.717, 1.165) is 52.1 Å². The quantitative estimate of drug-likeness (QED) is 0.550. The first-order valence-corrected chi connectivity index (χ1v) is 12.6. The predicted octanol–water partition coefficient (Wildman–Crippen LogP) is 1.42. The molecule has 0 atom stereocenters. The van der Waals surface area contributed by atoms with Crippen LogP contribution in [0.4, 0.5) is 0 Å². The van der Waals surface area contributed by atoms with Crippen molar-refractivity contribution < 1.29 is 14.3 Å². The van der Waals surface area contributed by atoms with Crippen LogP contribution in [0, 0.1) is 0 Å². The van der Waals surface area contributed by atoms with Crippen LogP contribution >= 0.6 is 0 Å². The van der Waals surface area contributed by atoms with E-state index in [0.29, 0.717) is 32.0 Å². The first kappa shape index (κ1) is 25.2. The van der Waals surface area contributed by atoms with Gasteiger partial charge in [0.15, 0.2) is 0 Å². The van der Waals surface area contributed by atoms with Crippen molar-refractivity contribution >= 4 is 11.8 Å². The highest BCUT2D eigenvalue weighted by Crippen LogP contribution is 2.14. The van der Waals surface area contributed by atoms with Crippen LogP contribution in [0.3, 0.4) is 0 Å². The number of piperidine rings is 1. The van der Waals surface area contributed by atoms with E-state index in [-0.39, 0.29) is 24.3 Å². The summed E-state index contributed by atoms with van der Waals surface area (Å²) >= 11 is 0. The molecule has 1 aromatic heterocycles. The van der Waals surface area contributed by atoms with Crippen LogP contribution < -0.4 is 5.32 Å². The number of ether oxygens (including phenoxy) is 1. The maximum Gasteiger partial charge on any atom is 0.274 e. The van der Waals surface area contributed by atoms with Crippen LogP contribution in [-0.2, 0) is 16.1 Å². The number of amides is 2. The fraction of sp³-hybridized carbons (Fsp3) is 0.538. The van der Waals surface area contributed by atoms with Gasteiger partial charge >= 0.3 is 0 Å². The molecule has 0 bridgehead atoms. The average Bonchev–Trinajstić information content (AvgIpc) is 2.91. The van der Waals surface area contributed by atoms with E-state index < -0.39 is 0 Å². The van der Waals surface area contributed by atoms with Crippen LogP contribution in [0.1, 0.15) is 35.3 Å². The summed E-state index contributed by atoms with van der Waals surface area (Å²) in [5.74, 6) is -0.191. The first-order valence-electron chi connectivity index (χ1n) is 12.6. The van der Waals surface area contributed by atoms with E-state index in [1.54, 1.807) is 11.1 Å². The molecule has 3 heterocycles. The molecule has 2 amide bonds. The second-order valence-electron chi connectivity index (χ2n) is 9.19. The van der Waals surface area contributed by atoms with Crippen molar-refractivity contribution in [3.63, 3.8) is 0 Å². The zero-order chi connectivity index (χ0) is 24.3. The number of nitrogens with one attached hydrogen (secondary N) is 1. The van der Waals surface area contributed by atoms with Crippen LogP contribution in [-0.4, -0.2) is 102 Å². The van der Waals surface area contributed by atoms with Gasteiger partial charge in [-0.15, -0.1) is 0 Å². The minimum absolute atomic E-state index is 0.00479. The van der Waals surface area contributed by atoms with Gasteiger partial charge in [-0.1, -0.05) is 30.3 Å². The van der Waals surface area contributed by atoms with E-state index >= 15 is 0 Å². The van der Waals surface area contributed by atoms with Gasteiger partial charge in [0, 0.05) is 77.2 Å². The molecule has 2 saturated heterocycles. The number of carbonyl (C=O) groups excluding carboxylic acids is 2. The Bertz CT molecular complexity index is 915. The van der Waals surface area contributed by atoms with E-state index in [1.165, 1.54) is 18.0 Å². The summed E-state index contributed by atoms with van der Waals surface area (Å²) in [5, 5.41) is 3.18. The number of hydrogen-bond donors (Lipinski definition) is 1. The molecule has 0 spiro atoms. The number of carbonyl (C=O) groups is 2. The number of benzene rings is 1. The fourth-order valence-corrected chi connectivity index (χ4v) is 4.59. The van der Waals surface area contributed by atoms with Crippen LogP contribution in [0.2, 0.25) is 0 Å². The Hall–Kier alpha value is -2.88. The molecule has 2 aromatic rings. The van der Waals surface area contributed by atoms with Gasteiger partial charge in [0.05, 0.1) is 19.4 Å². The van der Waals surface area contributed by atoms with Crippen molar-refractivity contribution in [3.8, 4) is 0 Å². The highest BCUT2D eigenvalue weighted by Gasteiger charge is 2.23. The Morgan fingerprint density at radius 1 is 1.00 bits per heavy atom. The Balaban J connectivity index is 1.23. The second-order valence-corrected chi connectivity index (χ2v) is 9.19. The van der Waals surface area contributed by atoms with Crippen LogP contribution in [0.15, 0.2) is 48.9 Å². The van der Waals surface area contributed by atoms with Gasteiger partial charge < -0.3 is 15.0 Å². The van der Waals surface area contributed by atoms with Crippen molar-refractivity contribution in [1.29, 1.82) is 0 Å². The lowest BCUT2D eigenvalue weighted by Crippen LogP contribution is -2.46. The van der Waals surface area contributed by atoms with Crippen LogP contribution in [0.25, 0.3) is 0 Å². The summed E-state index contributed by atoms with van der Waals surface area (Å²) in [7, 11) is 0. The normalized spacial score (nSPS) is 17.7. The number of likely N-dealkylation sites (tertiary alicyclic amines) is 1. The van der Waals surface area contributed by atoms with Crippen LogP contribution in [0.5, 0.6) is 0 Å². The van der Waals surface area contributed by atoms with Gasteiger partial charge in [0.25, 0.3) is 5.91 Å². The molecule has 188 valence electrons. The third kappa shape index (κ3) is 8.09. The summed E-state index contributed by atoms with van der Waals surface area (Å²) in [5.41, 5.74) is 1.63. The molecule has 2 fully saturated rings. The molecule has 0 saturated carbocycles. The van der Waals surface area contributed by atoms with Gasteiger partial charge in [-0.2, -0.15) is 0 Å². The van der Waals surface area contributed by atoms with Gasteiger partial charge in [0.1, 0.15) is 5.69 Å². The van der Waals surface area contributed by atoms with Crippen molar-refractivity contribution in [2.45, 2.75) is 31.8 Å². The minimum Gasteiger partial charge on any atom is -0.379 e. The molecule has 2 aliphatic rings. The number of nitrogens with zero attached hydrogens (tertiary/aromatic N) is 5. The number of hydrogen-bond acceptors (Lipinski definition) is 7. The van der Waals surface area contributed by atoms with Gasteiger partial charge in [-0.05, 0) is 18.4 Å². The number of aromatic nitrogens is 2. The molecule has 1 N–H and O–H groups in total. The Morgan fingerprint density at radius 2 is 1.77 bits per heavy atom. The monoisotopic (exact) mass is 480 g/mol. The standard InChI is InChI=1S/C26H36N6O3/c33-25(29-23-6-11-31(12-7-23)21-22-4-2-1-3-5-22)8-13-32(15-14-30-16-18-35-19-17-30)26(34)24-20-27-9-10-28-24/h1-5,9-10,20,23H,6-8,11-19,21H2,(H,29,33). The third-order valence-corrected chi connectivity index (χ3v) is 6.67. The smallest absolute Gasteiger partial charge is 0.274 e. The molecule has 9 nitrogen and oxygen atoms in total. The van der Waals surface area contributed by atoms with Crippen molar-refractivity contribution in [2.24, 2.45) is 0 Å². The molecule has 1 aromatic carbocycles. The topological polar surface area (TPSA) is 90.9 Å². The highest BCUT2D eigenvalue weighted by molar-refractivity contribution is 5.92. The third-order valence-electron chi connectivity index (χ3n) is 6.67. The van der Waals surface area contributed by atoms with Gasteiger partial charge in [-0.3, -0.25) is 24.4 Å². The fourth-order valence-electron chi connectivity index (χ4n) is 4.59. The summed E-state index contributed by atoms with van der Waals surface area (Å²) in [6.07, 6.45) is 6.71. The molecule has 4 rings (SSSR count). The van der Waals surface area contributed by atoms with Crippen molar-refractivity contribution in [1.82, 2.24) is 30.0 Å². The SMILES string of the molecule is O=C(CCN(CCN1CCOCC1)C(=O)c1cnccn1)NC1CCN(Cc2ccccc2)CC1. The molecule has 9 heteroatoms. The number of rotatable bonds is 10. The molecular formula is C26H36N6O3. The van der Waals surface area contributed by atoms with Crippen molar-refractivity contribution in [2.75, 3.05) is 59.0 Å². The lowest BCUT2D eigenvalue weighted by atomic mass is 10.0. The lowest BCUT2D eigenvalue weighted by molar-refractivity contribution is -0.122. The van der Waals surface area contributed by atoms with E-state index in [2.05, 4.69) is 49.4 Å². The zero-order valence-corrected chi connectivity index (χ0v) is 20.3. The maximum absolute atomic E-state index is 13.0. The lowest BCUT2D eigenvalue weighted by Gasteiger charge is -2.32. The van der Waals surface area contributed by atoms with Gasteiger partial charge in [0.2, 0.25) is 5.91 Å². The van der Waals surface area contributed by atoms with E-state index in [9.17, 15) is 9.59 Å². The number of morpholine rings is 1. The molecule has 0 aliphatic carbocycles. The summed E-state index contributed by atoms with van der Waals surface area (Å²) in [6.45, 7) is 7.68. The molecule has 0 unspecified atom stereocenters. The van der Waals surface area contributed by atoms with Crippen molar-refractivity contribution in [3.05, 3.63) is 60.2 Å². The second kappa shape index (κ2) is 13.3. The largest absolute Gasteiger partial charge is 0.379 e. The Kier molecular flexibility index (Phi) is 9.56. The minimum atomic E-state index is -0.187. The average molecular weight is 481 g/mol. The zero-order valence-electron chi connectivity index (χ0n) is 20.3.